The maximum atomic E-state index is 12.8. The second-order valence-corrected chi connectivity index (χ2v) is 6.96. The van der Waals surface area contributed by atoms with E-state index in [1.807, 2.05) is 30.3 Å². The van der Waals surface area contributed by atoms with E-state index in [4.69, 9.17) is 0 Å². The number of para-hydroxylation sites is 1. The van der Waals surface area contributed by atoms with Crippen molar-refractivity contribution in [2.75, 3.05) is 12.0 Å². The lowest BCUT2D eigenvalue weighted by molar-refractivity contribution is -0.139. The zero-order chi connectivity index (χ0) is 14.8. The molecular weight excluding hydrogens is 276 g/mol. The Bertz CT molecular complexity index is 648. The number of allylic oxidation sites excluding steroid dienone is 2. The zero-order valence-electron chi connectivity index (χ0n) is 12.2. The molecule has 1 N–H and O–H groups in total. The van der Waals surface area contributed by atoms with Gasteiger partial charge in [-0.05, 0) is 42.2 Å². The molecule has 2 saturated carbocycles. The van der Waals surface area contributed by atoms with E-state index in [9.17, 15) is 9.59 Å². The normalized spacial score (nSPS) is 40.6. The van der Waals surface area contributed by atoms with Gasteiger partial charge >= 0.3 is 0 Å². The number of hydrogen-bond donors (Lipinski definition) is 1. The van der Waals surface area contributed by atoms with Gasteiger partial charge in [-0.25, -0.2) is 0 Å². The number of carbonyl (C=O) groups is 2. The molecule has 6 rings (SSSR count). The van der Waals surface area contributed by atoms with Gasteiger partial charge in [0.1, 0.15) is 0 Å². The minimum absolute atomic E-state index is 0.0307. The molecule has 2 bridgehead atoms. The zero-order valence-corrected chi connectivity index (χ0v) is 12.2. The van der Waals surface area contributed by atoms with Crippen molar-refractivity contribution in [1.82, 2.24) is 4.90 Å². The van der Waals surface area contributed by atoms with Gasteiger partial charge in [-0.2, -0.15) is 0 Å². The molecule has 5 aliphatic rings. The summed E-state index contributed by atoms with van der Waals surface area (Å²) in [7, 11) is 0. The molecule has 1 aromatic carbocycles. The Hall–Kier alpha value is -2.10. The predicted molar refractivity (Wildman–Crippen MR) is 81.5 cm³/mol. The first-order valence-electron chi connectivity index (χ1n) is 8.08. The van der Waals surface area contributed by atoms with Gasteiger partial charge in [-0.15, -0.1) is 0 Å². The monoisotopic (exact) mass is 294 g/mol. The van der Waals surface area contributed by atoms with Crippen molar-refractivity contribution in [3.63, 3.8) is 0 Å². The largest absolute Gasteiger partial charge is 0.367 e. The highest BCUT2D eigenvalue weighted by molar-refractivity contribution is 6.06. The van der Waals surface area contributed by atoms with Crippen LogP contribution in [0, 0.1) is 35.5 Å². The highest BCUT2D eigenvalue weighted by Crippen LogP contribution is 2.65. The maximum Gasteiger partial charge on any atom is 0.235 e. The second kappa shape index (κ2) is 4.22. The van der Waals surface area contributed by atoms with Crippen LogP contribution >= 0.6 is 0 Å². The summed E-state index contributed by atoms with van der Waals surface area (Å²) >= 11 is 0. The molecule has 1 aromatic rings. The van der Waals surface area contributed by atoms with E-state index in [2.05, 4.69) is 17.5 Å². The standard InChI is InChI=1S/C18H18N2O2/c21-17-15-11-6-7-12(14-8-13(11)14)16(15)18(22)20(17)9-19-10-4-2-1-3-5-10/h1-7,11-16,19H,8-9H2/t11-,12-,13-,14+,15-,16+/m0/s1. The van der Waals surface area contributed by atoms with Crippen molar-refractivity contribution >= 4 is 17.5 Å². The van der Waals surface area contributed by atoms with Gasteiger partial charge in [0, 0.05) is 5.69 Å². The van der Waals surface area contributed by atoms with Crippen LogP contribution in [-0.4, -0.2) is 23.4 Å². The van der Waals surface area contributed by atoms with Crippen LogP contribution in [0.3, 0.4) is 0 Å². The number of hydrogen-bond acceptors (Lipinski definition) is 3. The summed E-state index contributed by atoms with van der Waals surface area (Å²) in [4.78, 5) is 27.0. The Kier molecular flexibility index (Phi) is 2.38. The lowest BCUT2D eigenvalue weighted by Gasteiger charge is -2.37. The molecule has 0 spiro atoms. The molecule has 22 heavy (non-hydrogen) atoms. The van der Waals surface area contributed by atoms with Crippen molar-refractivity contribution in [1.29, 1.82) is 0 Å². The number of amides is 2. The Morgan fingerprint density at radius 3 is 2.14 bits per heavy atom. The molecule has 4 heteroatoms. The van der Waals surface area contributed by atoms with Gasteiger partial charge in [-0.1, -0.05) is 30.4 Å². The molecule has 112 valence electrons. The number of rotatable bonds is 3. The van der Waals surface area contributed by atoms with Crippen LogP contribution in [0.4, 0.5) is 5.69 Å². The van der Waals surface area contributed by atoms with Crippen molar-refractivity contribution in [2.45, 2.75) is 6.42 Å². The fourth-order valence-corrected chi connectivity index (χ4v) is 4.90. The lowest BCUT2D eigenvalue weighted by Crippen LogP contribution is -2.40. The van der Waals surface area contributed by atoms with Crippen molar-refractivity contribution < 1.29 is 9.59 Å². The van der Waals surface area contributed by atoms with Crippen molar-refractivity contribution in [3.05, 3.63) is 42.5 Å². The Morgan fingerprint density at radius 1 is 0.955 bits per heavy atom. The minimum Gasteiger partial charge on any atom is -0.367 e. The molecule has 0 unspecified atom stereocenters. The maximum absolute atomic E-state index is 12.8. The first-order chi connectivity index (χ1) is 10.8. The summed E-state index contributed by atoms with van der Waals surface area (Å²) in [6, 6.07) is 9.71. The number of imide groups is 1. The third-order valence-electron chi connectivity index (χ3n) is 5.97. The fourth-order valence-electron chi connectivity index (χ4n) is 4.90. The summed E-state index contributed by atoms with van der Waals surface area (Å²) in [6.07, 6.45) is 5.62. The van der Waals surface area contributed by atoms with Crippen LogP contribution in [-0.2, 0) is 9.59 Å². The van der Waals surface area contributed by atoms with Gasteiger partial charge in [0.25, 0.3) is 0 Å². The molecule has 2 amide bonds. The summed E-state index contributed by atoms with van der Waals surface area (Å²) in [5.74, 6) is 1.81. The SMILES string of the molecule is O=C1[C@@H]2[C@H]3C=C[C@@H]([C@@H]4C[C@H]34)[C@@H]2C(=O)N1CNc1ccccc1. The number of nitrogens with one attached hydrogen (secondary N) is 1. The average Bonchev–Trinajstić information content (AvgIpc) is 3.33. The first-order valence-corrected chi connectivity index (χ1v) is 8.08. The highest BCUT2D eigenvalue weighted by atomic mass is 16.2. The van der Waals surface area contributed by atoms with Gasteiger partial charge in [0.05, 0.1) is 18.5 Å². The summed E-state index contributed by atoms with van der Waals surface area (Å²) in [5.41, 5.74) is 0.932. The predicted octanol–water partition coefficient (Wildman–Crippen LogP) is 2.11. The minimum atomic E-state index is -0.0937. The second-order valence-electron chi connectivity index (χ2n) is 6.96. The molecule has 1 heterocycles. The number of likely N-dealkylation sites (tertiary alicyclic amines) is 1. The molecule has 1 aliphatic heterocycles. The molecule has 6 atom stereocenters. The van der Waals surface area contributed by atoms with Crippen LogP contribution in [0.15, 0.2) is 42.5 Å². The average molecular weight is 294 g/mol. The smallest absolute Gasteiger partial charge is 0.235 e. The van der Waals surface area contributed by atoms with E-state index in [0.29, 0.717) is 23.7 Å². The Balaban J connectivity index is 1.38. The van der Waals surface area contributed by atoms with Crippen molar-refractivity contribution in [3.8, 4) is 0 Å². The Morgan fingerprint density at radius 2 is 1.55 bits per heavy atom. The topological polar surface area (TPSA) is 49.4 Å². The van der Waals surface area contributed by atoms with E-state index in [-0.39, 0.29) is 30.3 Å². The van der Waals surface area contributed by atoms with Crippen LogP contribution in [0.2, 0.25) is 0 Å². The van der Waals surface area contributed by atoms with Crippen molar-refractivity contribution in [2.24, 2.45) is 35.5 Å². The molecule has 0 aromatic heterocycles. The first kappa shape index (κ1) is 12.4. The van der Waals surface area contributed by atoms with E-state index in [1.165, 1.54) is 11.3 Å². The van der Waals surface area contributed by atoms with Gasteiger partial charge in [-0.3, -0.25) is 14.5 Å². The molecule has 3 fully saturated rings. The molecule has 4 aliphatic carbocycles. The molecule has 4 nitrogen and oxygen atoms in total. The summed E-state index contributed by atoms with van der Waals surface area (Å²) in [5, 5.41) is 3.19. The van der Waals surface area contributed by atoms with Crippen LogP contribution in [0.25, 0.3) is 0 Å². The number of benzene rings is 1. The summed E-state index contributed by atoms with van der Waals surface area (Å²) in [6.45, 7) is 0.281. The third kappa shape index (κ3) is 1.52. The lowest BCUT2D eigenvalue weighted by atomic mass is 9.63. The van der Waals surface area contributed by atoms with Crippen LogP contribution < -0.4 is 5.32 Å². The Labute approximate surface area is 129 Å². The molecular formula is C18H18N2O2. The molecule has 0 radical (unpaired) electrons. The van der Waals surface area contributed by atoms with Gasteiger partial charge < -0.3 is 5.32 Å². The number of carbonyl (C=O) groups excluding carboxylic acids is 2. The van der Waals surface area contributed by atoms with E-state index in [0.717, 1.165) is 5.69 Å². The highest BCUT2D eigenvalue weighted by Gasteiger charge is 2.66. The number of nitrogens with zero attached hydrogens (tertiary/aromatic N) is 1. The van der Waals surface area contributed by atoms with Crippen LogP contribution in [0.1, 0.15) is 6.42 Å². The fraction of sp³-hybridized carbons (Fsp3) is 0.444. The van der Waals surface area contributed by atoms with Gasteiger partial charge in [0.15, 0.2) is 0 Å². The van der Waals surface area contributed by atoms with E-state index in [1.54, 1.807) is 0 Å². The van der Waals surface area contributed by atoms with Crippen LogP contribution in [0.5, 0.6) is 0 Å². The number of anilines is 1. The third-order valence-corrected chi connectivity index (χ3v) is 5.97. The van der Waals surface area contributed by atoms with E-state index >= 15 is 0 Å². The molecule has 1 saturated heterocycles. The van der Waals surface area contributed by atoms with E-state index < -0.39 is 0 Å². The van der Waals surface area contributed by atoms with Gasteiger partial charge in [0.2, 0.25) is 11.8 Å². The quantitative estimate of drug-likeness (QED) is 0.686. The summed E-state index contributed by atoms with van der Waals surface area (Å²) < 4.78 is 0.